The number of rotatable bonds is 6. The van der Waals surface area contributed by atoms with Gasteiger partial charge in [0, 0.05) is 17.8 Å². The van der Waals surface area contributed by atoms with E-state index in [9.17, 15) is 0 Å². The van der Waals surface area contributed by atoms with Gasteiger partial charge in [-0.25, -0.2) is 0 Å². The second kappa shape index (κ2) is 7.20. The quantitative estimate of drug-likeness (QED) is 0.826. The molecule has 2 aromatic rings. The Kier molecular flexibility index (Phi) is 5.31. The van der Waals surface area contributed by atoms with Gasteiger partial charge in [-0.2, -0.15) is 0 Å². The molecule has 20 heavy (non-hydrogen) atoms. The van der Waals surface area contributed by atoms with Crippen molar-refractivity contribution < 1.29 is 4.74 Å². The molecule has 1 N–H and O–H groups in total. The summed E-state index contributed by atoms with van der Waals surface area (Å²) in [6.45, 7) is 2.19. The summed E-state index contributed by atoms with van der Waals surface area (Å²) in [6, 6.07) is 16.7. The van der Waals surface area contributed by atoms with E-state index >= 15 is 0 Å². The van der Waals surface area contributed by atoms with Crippen LogP contribution in [0.15, 0.2) is 48.5 Å². The van der Waals surface area contributed by atoms with Crippen molar-refractivity contribution in [1.29, 1.82) is 0 Å². The summed E-state index contributed by atoms with van der Waals surface area (Å²) in [6.07, 6.45) is 2.06. The molecule has 0 saturated carbocycles. The lowest BCUT2D eigenvalue weighted by molar-refractivity contribution is 0.415. The molecule has 0 aliphatic rings. The Bertz CT molecular complexity index is 542. The topological polar surface area (TPSA) is 21.3 Å². The fourth-order valence-corrected chi connectivity index (χ4v) is 2.38. The van der Waals surface area contributed by atoms with Crippen molar-refractivity contribution in [2.75, 3.05) is 12.4 Å². The predicted octanol–water partition coefficient (Wildman–Crippen LogP) is 4.78. The van der Waals surface area contributed by atoms with Crippen LogP contribution in [0.3, 0.4) is 0 Å². The number of hydrogen-bond donors (Lipinski definition) is 1. The molecule has 1 atom stereocenters. The summed E-state index contributed by atoms with van der Waals surface area (Å²) in [5.74, 6) is 0.700. The minimum atomic E-state index is 0.392. The van der Waals surface area contributed by atoms with Gasteiger partial charge in [0.15, 0.2) is 0 Å². The Morgan fingerprint density at radius 3 is 2.55 bits per heavy atom. The molecule has 0 spiro atoms. The van der Waals surface area contributed by atoms with Crippen LogP contribution >= 0.6 is 11.6 Å². The SMILES string of the molecule is CCC(Cc1ccccc1)Nc1ccc(Cl)c(OC)c1. The van der Waals surface area contributed by atoms with Gasteiger partial charge in [-0.1, -0.05) is 48.9 Å². The number of hydrogen-bond acceptors (Lipinski definition) is 2. The van der Waals surface area contributed by atoms with Crippen molar-refractivity contribution in [3.8, 4) is 5.75 Å². The zero-order valence-corrected chi connectivity index (χ0v) is 12.7. The van der Waals surface area contributed by atoms with E-state index in [0.717, 1.165) is 18.5 Å². The van der Waals surface area contributed by atoms with Crippen LogP contribution in [0.4, 0.5) is 5.69 Å². The first-order chi connectivity index (χ1) is 9.72. The first-order valence-corrected chi connectivity index (χ1v) is 7.24. The lowest BCUT2D eigenvalue weighted by Crippen LogP contribution is -2.21. The molecule has 3 heteroatoms. The van der Waals surface area contributed by atoms with Gasteiger partial charge in [0.2, 0.25) is 0 Å². The maximum Gasteiger partial charge on any atom is 0.139 e. The molecule has 0 aromatic heterocycles. The summed E-state index contributed by atoms with van der Waals surface area (Å²) >= 11 is 6.04. The maximum absolute atomic E-state index is 6.04. The molecule has 2 aromatic carbocycles. The number of anilines is 1. The fourth-order valence-electron chi connectivity index (χ4n) is 2.18. The van der Waals surface area contributed by atoms with Crippen molar-refractivity contribution in [2.24, 2.45) is 0 Å². The second-order valence-corrected chi connectivity index (χ2v) is 5.20. The van der Waals surface area contributed by atoms with E-state index in [0.29, 0.717) is 16.8 Å². The minimum Gasteiger partial charge on any atom is -0.495 e. The highest BCUT2D eigenvalue weighted by Crippen LogP contribution is 2.28. The number of benzene rings is 2. The smallest absolute Gasteiger partial charge is 0.139 e. The van der Waals surface area contributed by atoms with E-state index in [1.165, 1.54) is 5.56 Å². The van der Waals surface area contributed by atoms with Crippen LogP contribution in [0.25, 0.3) is 0 Å². The fraction of sp³-hybridized carbons (Fsp3) is 0.294. The third kappa shape index (κ3) is 3.91. The molecule has 0 bridgehead atoms. The minimum absolute atomic E-state index is 0.392. The lowest BCUT2D eigenvalue weighted by atomic mass is 10.0. The highest BCUT2D eigenvalue weighted by Gasteiger charge is 2.09. The highest BCUT2D eigenvalue weighted by molar-refractivity contribution is 6.32. The van der Waals surface area contributed by atoms with E-state index in [1.807, 2.05) is 24.3 Å². The molecule has 0 amide bonds. The normalized spacial score (nSPS) is 11.9. The van der Waals surface area contributed by atoms with Crippen LogP contribution in [0.1, 0.15) is 18.9 Å². The average Bonchev–Trinajstić information content (AvgIpc) is 2.49. The number of halogens is 1. The summed E-state index contributed by atoms with van der Waals surface area (Å²) in [5, 5.41) is 4.17. The van der Waals surface area contributed by atoms with Gasteiger partial charge in [0.05, 0.1) is 12.1 Å². The van der Waals surface area contributed by atoms with Crippen molar-refractivity contribution in [1.82, 2.24) is 0 Å². The van der Waals surface area contributed by atoms with Gasteiger partial charge in [0.25, 0.3) is 0 Å². The maximum atomic E-state index is 6.04. The molecule has 106 valence electrons. The molecule has 0 fully saturated rings. The van der Waals surface area contributed by atoms with Gasteiger partial charge in [0.1, 0.15) is 5.75 Å². The van der Waals surface area contributed by atoms with E-state index in [4.69, 9.17) is 16.3 Å². The molecule has 0 radical (unpaired) electrons. The lowest BCUT2D eigenvalue weighted by Gasteiger charge is -2.19. The van der Waals surface area contributed by atoms with Crippen LogP contribution in [0.2, 0.25) is 5.02 Å². The Labute approximate surface area is 125 Å². The monoisotopic (exact) mass is 289 g/mol. The Morgan fingerprint density at radius 2 is 1.90 bits per heavy atom. The van der Waals surface area contributed by atoms with E-state index < -0.39 is 0 Å². The molecular formula is C17H20ClNO. The molecule has 2 rings (SSSR count). The number of ether oxygens (including phenoxy) is 1. The standard InChI is InChI=1S/C17H20ClNO/c1-3-14(11-13-7-5-4-6-8-13)19-15-9-10-16(18)17(12-15)20-2/h4-10,12,14,19H,3,11H2,1-2H3. The summed E-state index contributed by atoms with van der Waals surface area (Å²) in [4.78, 5) is 0. The highest BCUT2D eigenvalue weighted by atomic mass is 35.5. The van der Waals surface area contributed by atoms with Crippen LogP contribution in [-0.2, 0) is 6.42 Å². The van der Waals surface area contributed by atoms with Gasteiger partial charge < -0.3 is 10.1 Å². The van der Waals surface area contributed by atoms with Gasteiger partial charge in [-0.15, -0.1) is 0 Å². The third-order valence-electron chi connectivity index (χ3n) is 3.34. The summed E-state index contributed by atoms with van der Waals surface area (Å²) < 4.78 is 5.25. The van der Waals surface area contributed by atoms with Crippen LogP contribution in [0.5, 0.6) is 5.75 Å². The molecule has 0 saturated heterocycles. The van der Waals surface area contributed by atoms with Gasteiger partial charge in [-0.05, 0) is 30.5 Å². The van der Waals surface area contributed by atoms with Crippen molar-refractivity contribution >= 4 is 17.3 Å². The van der Waals surface area contributed by atoms with Crippen molar-refractivity contribution in [3.63, 3.8) is 0 Å². The zero-order chi connectivity index (χ0) is 14.4. The molecule has 0 aliphatic carbocycles. The molecular weight excluding hydrogens is 270 g/mol. The first kappa shape index (κ1) is 14.7. The zero-order valence-electron chi connectivity index (χ0n) is 11.9. The Balaban J connectivity index is 2.06. The van der Waals surface area contributed by atoms with E-state index in [-0.39, 0.29) is 0 Å². The van der Waals surface area contributed by atoms with E-state index in [2.05, 4.69) is 36.5 Å². The summed E-state index contributed by atoms with van der Waals surface area (Å²) in [5.41, 5.74) is 2.38. The second-order valence-electron chi connectivity index (χ2n) is 4.79. The largest absolute Gasteiger partial charge is 0.495 e. The Hall–Kier alpha value is -1.67. The Morgan fingerprint density at radius 1 is 1.15 bits per heavy atom. The van der Waals surface area contributed by atoms with Gasteiger partial charge in [-0.3, -0.25) is 0 Å². The third-order valence-corrected chi connectivity index (χ3v) is 3.65. The first-order valence-electron chi connectivity index (χ1n) is 6.87. The van der Waals surface area contributed by atoms with Crippen LogP contribution in [0, 0.1) is 0 Å². The van der Waals surface area contributed by atoms with Crippen LogP contribution < -0.4 is 10.1 Å². The van der Waals surface area contributed by atoms with Crippen molar-refractivity contribution in [2.45, 2.75) is 25.8 Å². The van der Waals surface area contributed by atoms with Gasteiger partial charge >= 0.3 is 0 Å². The van der Waals surface area contributed by atoms with Crippen molar-refractivity contribution in [3.05, 3.63) is 59.1 Å². The summed E-state index contributed by atoms with van der Waals surface area (Å²) in [7, 11) is 1.63. The molecule has 0 aliphatic heterocycles. The molecule has 0 heterocycles. The van der Waals surface area contributed by atoms with Crippen LogP contribution in [-0.4, -0.2) is 13.2 Å². The molecule has 1 unspecified atom stereocenters. The number of methoxy groups -OCH3 is 1. The average molecular weight is 290 g/mol. The molecule has 2 nitrogen and oxygen atoms in total. The predicted molar refractivity (Wildman–Crippen MR) is 85.9 cm³/mol. The van der Waals surface area contributed by atoms with E-state index in [1.54, 1.807) is 7.11 Å². The number of nitrogens with one attached hydrogen (secondary N) is 1.